The highest BCUT2D eigenvalue weighted by atomic mass is 16.5. The molecule has 2 aliphatic rings. The second-order valence-electron chi connectivity index (χ2n) is 11.4. The number of esters is 1. The second kappa shape index (κ2) is 12.2. The van der Waals surface area contributed by atoms with E-state index in [1.54, 1.807) is 6.92 Å². The Balaban J connectivity index is 1.73. The molecule has 1 aliphatic carbocycles. The number of carbonyl (C=O) groups is 4. The first kappa shape index (κ1) is 29.2. The number of aldehydes is 1. The zero-order valence-electron chi connectivity index (χ0n) is 24.0. The van der Waals surface area contributed by atoms with Gasteiger partial charge in [0.05, 0.1) is 13.5 Å². The number of Topliss-reactive ketones (excluding diaryl/α,β-unsaturated/α-hetero) is 1. The SMILES string of the molecule is COC(=O)CCC(=O)[C@@]12C(=O)N[C@@H](Cc3c[nH]c4ccccc34)[C@@H]1[C@H](C)C(C)=C[C@@H]2/C=C/CC(C)/C=C(\C)C=O. The van der Waals surface area contributed by atoms with Crippen LogP contribution in [0.25, 0.3) is 10.9 Å². The van der Waals surface area contributed by atoms with Crippen LogP contribution in [-0.2, 0) is 30.3 Å². The summed E-state index contributed by atoms with van der Waals surface area (Å²) in [6.07, 6.45) is 11.9. The monoisotopic (exact) mass is 544 g/mol. The molecule has 6 atom stereocenters. The lowest BCUT2D eigenvalue weighted by Gasteiger charge is -2.44. The average Bonchev–Trinajstić information content (AvgIpc) is 3.48. The molecule has 0 radical (unpaired) electrons. The van der Waals surface area contributed by atoms with Gasteiger partial charge in [-0.25, -0.2) is 0 Å². The fourth-order valence-electron chi connectivity index (χ4n) is 6.75. The van der Waals surface area contributed by atoms with E-state index in [-0.39, 0.29) is 48.3 Å². The topological polar surface area (TPSA) is 105 Å². The summed E-state index contributed by atoms with van der Waals surface area (Å²) in [6, 6.07) is 7.82. The molecule has 4 rings (SSSR count). The van der Waals surface area contributed by atoms with Crippen molar-refractivity contribution >= 4 is 34.8 Å². The fraction of sp³-hybridized carbons (Fsp3) is 0.455. The van der Waals surface area contributed by atoms with Gasteiger partial charge in [0.1, 0.15) is 17.5 Å². The van der Waals surface area contributed by atoms with Gasteiger partial charge in [-0.05, 0) is 55.7 Å². The number of rotatable bonds is 11. The van der Waals surface area contributed by atoms with Gasteiger partial charge in [-0.15, -0.1) is 0 Å². The zero-order valence-corrected chi connectivity index (χ0v) is 24.0. The molecule has 1 fully saturated rings. The van der Waals surface area contributed by atoms with Crippen LogP contribution >= 0.6 is 0 Å². The second-order valence-corrected chi connectivity index (χ2v) is 11.4. The number of aromatic amines is 1. The zero-order chi connectivity index (χ0) is 29.0. The van der Waals surface area contributed by atoms with Crippen LogP contribution in [0, 0.1) is 29.1 Å². The normalized spacial score (nSPS) is 27.3. The molecule has 7 heteroatoms. The Morgan fingerprint density at radius 2 is 1.95 bits per heavy atom. The number of carbonyl (C=O) groups excluding carboxylic acids is 4. The van der Waals surface area contributed by atoms with Gasteiger partial charge in [-0.1, -0.05) is 61.9 Å². The lowest BCUT2D eigenvalue weighted by Crippen LogP contribution is -2.52. The van der Waals surface area contributed by atoms with Gasteiger partial charge in [0.2, 0.25) is 5.91 Å². The van der Waals surface area contributed by atoms with Gasteiger partial charge in [-0.3, -0.25) is 19.2 Å². The van der Waals surface area contributed by atoms with Crippen molar-refractivity contribution < 1.29 is 23.9 Å². The Labute approximate surface area is 236 Å². The summed E-state index contributed by atoms with van der Waals surface area (Å²) >= 11 is 0. The van der Waals surface area contributed by atoms with Crippen molar-refractivity contribution in [3.05, 3.63) is 71.5 Å². The molecule has 1 aliphatic heterocycles. The standard InChI is InChI=1S/C33H40N2O5/c1-20(15-21(2)19-36)9-8-10-25-16-22(3)23(4)31-28(17-24-18-34-27-12-7-6-11-26(24)27)35-32(39)33(25,31)29(37)13-14-30(38)40-5/h6-8,10-12,15-16,18-20,23,25,28,31,34H,9,13-14,17H2,1-5H3,(H,35,39)/b10-8+,21-15+/t20?,23-,25+,28+,31+,33-/m1/s1. The van der Waals surface area contributed by atoms with Crippen molar-refractivity contribution in [2.75, 3.05) is 7.11 Å². The highest BCUT2D eigenvalue weighted by Crippen LogP contribution is 2.55. The van der Waals surface area contributed by atoms with E-state index in [9.17, 15) is 19.2 Å². The van der Waals surface area contributed by atoms with Crippen LogP contribution in [0.1, 0.15) is 52.5 Å². The maximum absolute atomic E-state index is 14.2. The summed E-state index contributed by atoms with van der Waals surface area (Å²) in [5.41, 5.74) is 2.62. The number of amides is 1. The van der Waals surface area contributed by atoms with Crippen LogP contribution in [0.15, 0.2) is 65.9 Å². The number of hydrogen-bond donors (Lipinski definition) is 2. The van der Waals surface area contributed by atoms with Crippen LogP contribution in [0.3, 0.4) is 0 Å². The van der Waals surface area contributed by atoms with E-state index in [1.165, 1.54) is 7.11 Å². The summed E-state index contributed by atoms with van der Waals surface area (Å²) in [5, 5.41) is 4.33. The molecule has 1 aromatic heterocycles. The summed E-state index contributed by atoms with van der Waals surface area (Å²) in [7, 11) is 1.30. The number of methoxy groups -OCH3 is 1. The van der Waals surface area contributed by atoms with E-state index in [0.717, 1.165) is 28.3 Å². The molecule has 1 unspecified atom stereocenters. The molecule has 2 aromatic rings. The van der Waals surface area contributed by atoms with Crippen molar-refractivity contribution in [1.82, 2.24) is 10.3 Å². The number of H-pyrrole nitrogens is 1. The first-order chi connectivity index (χ1) is 19.1. The summed E-state index contributed by atoms with van der Waals surface area (Å²) in [5.74, 6) is -1.59. The molecule has 40 heavy (non-hydrogen) atoms. The van der Waals surface area contributed by atoms with Crippen molar-refractivity contribution in [2.24, 2.45) is 29.1 Å². The molecule has 2 heterocycles. The number of ketones is 1. The number of benzene rings is 1. The molecular weight excluding hydrogens is 504 g/mol. The van der Waals surface area contributed by atoms with Crippen LogP contribution in [0.2, 0.25) is 0 Å². The van der Waals surface area contributed by atoms with Crippen molar-refractivity contribution in [3.8, 4) is 0 Å². The van der Waals surface area contributed by atoms with E-state index in [2.05, 4.69) is 36.3 Å². The first-order valence-electron chi connectivity index (χ1n) is 14.1. The van der Waals surface area contributed by atoms with E-state index in [0.29, 0.717) is 18.4 Å². The Morgan fingerprint density at radius 1 is 1.20 bits per heavy atom. The molecule has 1 aromatic carbocycles. The van der Waals surface area contributed by atoms with Gasteiger partial charge >= 0.3 is 5.97 Å². The quantitative estimate of drug-likeness (QED) is 0.132. The number of allylic oxidation sites excluding steroid dienone is 6. The molecule has 2 N–H and O–H groups in total. The molecular formula is C33H40N2O5. The molecule has 7 nitrogen and oxygen atoms in total. The smallest absolute Gasteiger partial charge is 0.305 e. The van der Waals surface area contributed by atoms with E-state index >= 15 is 0 Å². The number of fused-ring (bicyclic) bond motifs is 2. The maximum Gasteiger partial charge on any atom is 0.305 e. The summed E-state index contributed by atoms with van der Waals surface area (Å²) in [6.45, 7) is 7.97. The van der Waals surface area contributed by atoms with Crippen molar-refractivity contribution in [1.29, 1.82) is 0 Å². The third-order valence-corrected chi connectivity index (χ3v) is 8.82. The third kappa shape index (κ3) is 5.47. The lowest BCUT2D eigenvalue weighted by atomic mass is 9.54. The predicted octanol–water partition coefficient (Wildman–Crippen LogP) is 5.27. The van der Waals surface area contributed by atoms with Crippen LogP contribution in [-0.4, -0.2) is 42.1 Å². The fourth-order valence-corrected chi connectivity index (χ4v) is 6.75. The number of nitrogens with one attached hydrogen (secondary N) is 2. The van der Waals surface area contributed by atoms with Crippen LogP contribution in [0.5, 0.6) is 0 Å². The molecule has 212 valence electrons. The summed E-state index contributed by atoms with van der Waals surface area (Å²) in [4.78, 5) is 54.6. The van der Waals surface area contributed by atoms with Crippen molar-refractivity contribution in [3.63, 3.8) is 0 Å². The first-order valence-corrected chi connectivity index (χ1v) is 14.1. The lowest BCUT2D eigenvalue weighted by molar-refractivity contribution is -0.148. The third-order valence-electron chi connectivity index (χ3n) is 8.82. The number of aromatic nitrogens is 1. The van der Waals surface area contributed by atoms with Gasteiger partial charge in [0, 0.05) is 41.4 Å². The molecule has 0 bridgehead atoms. The van der Waals surface area contributed by atoms with Crippen LogP contribution < -0.4 is 5.32 Å². The van der Waals surface area contributed by atoms with E-state index in [1.807, 2.05) is 49.5 Å². The van der Waals surface area contributed by atoms with E-state index < -0.39 is 17.3 Å². The minimum Gasteiger partial charge on any atom is -0.469 e. The van der Waals surface area contributed by atoms with Crippen LogP contribution in [0.4, 0.5) is 0 Å². The number of ether oxygens (including phenoxy) is 1. The Morgan fingerprint density at radius 3 is 2.67 bits per heavy atom. The Hall–Kier alpha value is -3.74. The molecule has 0 spiro atoms. The van der Waals surface area contributed by atoms with Crippen molar-refractivity contribution in [2.45, 2.75) is 59.4 Å². The molecule has 0 saturated carbocycles. The Bertz CT molecular complexity index is 1380. The predicted molar refractivity (Wildman–Crippen MR) is 155 cm³/mol. The Kier molecular flexibility index (Phi) is 8.92. The number of para-hydroxylation sites is 1. The largest absolute Gasteiger partial charge is 0.469 e. The highest BCUT2D eigenvalue weighted by Gasteiger charge is 2.65. The van der Waals surface area contributed by atoms with E-state index in [4.69, 9.17) is 4.74 Å². The molecule has 1 amide bonds. The number of hydrogen-bond acceptors (Lipinski definition) is 5. The van der Waals surface area contributed by atoms with Gasteiger partial charge in [0.15, 0.2) is 0 Å². The highest BCUT2D eigenvalue weighted by molar-refractivity contribution is 6.10. The van der Waals surface area contributed by atoms with Gasteiger partial charge < -0.3 is 15.0 Å². The molecule has 1 saturated heterocycles. The van der Waals surface area contributed by atoms with Gasteiger partial charge in [-0.2, -0.15) is 0 Å². The van der Waals surface area contributed by atoms with Gasteiger partial charge in [0.25, 0.3) is 0 Å². The maximum atomic E-state index is 14.2. The minimum absolute atomic E-state index is 0.0158. The minimum atomic E-state index is -1.32. The summed E-state index contributed by atoms with van der Waals surface area (Å²) < 4.78 is 4.80. The average molecular weight is 545 g/mol.